The van der Waals surface area contributed by atoms with Crippen LogP contribution in [0, 0.1) is 6.92 Å². The molecule has 1 saturated heterocycles. The number of fused-ring (bicyclic) bond motifs is 3. The Kier molecular flexibility index (Phi) is 11.6. The predicted molar refractivity (Wildman–Crippen MR) is 226 cm³/mol. The number of hydrogen-bond donors (Lipinski definition) is 1. The van der Waals surface area contributed by atoms with Crippen molar-refractivity contribution in [3.05, 3.63) is 100 Å². The van der Waals surface area contributed by atoms with Crippen molar-refractivity contribution < 1.29 is 41.7 Å². The van der Waals surface area contributed by atoms with Crippen molar-refractivity contribution in [1.29, 1.82) is 0 Å². The number of nitrogens with zero attached hydrogens (tertiary/aromatic N) is 7. The molecule has 1 unspecified atom stereocenters. The molecule has 0 spiro atoms. The summed E-state index contributed by atoms with van der Waals surface area (Å²) in [4.78, 5) is 49.7. The summed E-state index contributed by atoms with van der Waals surface area (Å²) in [5.74, 6) is 2.66. The molecule has 62 heavy (non-hydrogen) atoms. The molecule has 0 bridgehead atoms. The molecule has 2 amide bonds. The van der Waals surface area contributed by atoms with Gasteiger partial charge >= 0.3 is 12.3 Å². The Morgan fingerprint density at radius 1 is 0.935 bits per heavy atom. The first-order chi connectivity index (χ1) is 29.6. The third-order valence-electron chi connectivity index (χ3n) is 11.2. The molecule has 0 radical (unpaired) electrons. The van der Waals surface area contributed by atoms with Gasteiger partial charge in [-0.05, 0) is 82.0 Å². The maximum absolute atomic E-state index is 14.6. The highest BCUT2D eigenvalue weighted by molar-refractivity contribution is 6.06. The van der Waals surface area contributed by atoms with E-state index in [-0.39, 0.29) is 36.9 Å². The normalized spacial score (nSPS) is 16.6. The molecule has 3 aliphatic rings. The standard InChI is InChI=1S/C45H49F3N8O6/c1-26-36(13-14-39(52-26)55-16-15-54(23-38(55)45(46,47)48)43(58)62-44(2,3)4)56(42(57)30-20-49-40(50-21-30)28-8-9-28)22-27-7-12-32-33-24-61-25-34(33)41(53-35(32)17-27)51-19-29-10-11-31(59-5)18-37(29)60-6/h7,10-14,17-18,20-21,28,38H,8-9,15-16,19,22-25H2,1-6H3,(H,51,53). The quantitative estimate of drug-likeness (QED) is 0.137. The van der Waals surface area contributed by atoms with E-state index in [4.69, 9.17) is 23.9 Å². The van der Waals surface area contributed by atoms with Gasteiger partial charge in [0.25, 0.3) is 5.91 Å². The fourth-order valence-corrected chi connectivity index (χ4v) is 7.84. The van der Waals surface area contributed by atoms with E-state index in [1.54, 1.807) is 48.0 Å². The van der Waals surface area contributed by atoms with E-state index >= 15 is 0 Å². The number of benzene rings is 2. The Hall–Kier alpha value is -6.23. The summed E-state index contributed by atoms with van der Waals surface area (Å²) in [5, 5.41) is 4.40. The summed E-state index contributed by atoms with van der Waals surface area (Å²) >= 11 is 0. The van der Waals surface area contributed by atoms with Crippen molar-refractivity contribution in [3.63, 3.8) is 0 Å². The molecule has 8 rings (SSSR count). The summed E-state index contributed by atoms with van der Waals surface area (Å²) < 4.78 is 66.1. The number of piperazine rings is 1. The smallest absolute Gasteiger partial charge is 0.410 e. The molecule has 14 nitrogen and oxygen atoms in total. The van der Waals surface area contributed by atoms with E-state index in [1.807, 2.05) is 36.4 Å². The van der Waals surface area contributed by atoms with Crippen molar-refractivity contribution in [1.82, 2.24) is 24.8 Å². The zero-order chi connectivity index (χ0) is 43.9. The van der Waals surface area contributed by atoms with Gasteiger partial charge in [-0.15, -0.1) is 0 Å². The minimum atomic E-state index is -4.68. The van der Waals surface area contributed by atoms with Crippen LogP contribution in [-0.4, -0.2) is 88.5 Å². The number of ether oxygens (including phenoxy) is 4. The Bertz CT molecular complexity index is 2490. The first kappa shape index (κ1) is 42.5. The van der Waals surface area contributed by atoms with Gasteiger partial charge < -0.3 is 39.0 Å². The van der Waals surface area contributed by atoms with Crippen molar-refractivity contribution in [2.24, 2.45) is 0 Å². The topological polar surface area (TPSA) is 144 Å². The molecular formula is C45H49F3N8O6. The van der Waals surface area contributed by atoms with Crippen LogP contribution in [0.5, 0.6) is 11.5 Å². The lowest BCUT2D eigenvalue weighted by Crippen LogP contribution is -2.61. The molecule has 2 aromatic carbocycles. The third-order valence-corrected chi connectivity index (χ3v) is 11.2. The molecule has 1 aliphatic carbocycles. The highest BCUT2D eigenvalue weighted by Crippen LogP contribution is 2.39. The van der Waals surface area contributed by atoms with Gasteiger partial charge in [-0.2, -0.15) is 13.2 Å². The molecule has 17 heteroatoms. The largest absolute Gasteiger partial charge is 0.497 e. The van der Waals surface area contributed by atoms with Crippen LogP contribution in [0.3, 0.4) is 0 Å². The predicted octanol–water partition coefficient (Wildman–Crippen LogP) is 8.10. The highest BCUT2D eigenvalue weighted by atomic mass is 19.4. The lowest BCUT2D eigenvalue weighted by atomic mass is 10.0. The lowest BCUT2D eigenvalue weighted by molar-refractivity contribution is -0.155. The van der Waals surface area contributed by atoms with E-state index in [1.165, 1.54) is 23.4 Å². The molecule has 326 valence electrons. The first-order valence-electron chi connectivity index (χ1n) is 20.5. The van der Waals surface area contributed by atoms with Gasteiger partial charge in [0.2, 0.25) is 0 Å². The van der Waals surface area contributed by atoms with Crippen LogP contribution >= 0.6 is 0 Å². The number of amides is 2. The fraction of sp³-hybridized carbons (Fsp3) is 0.422. The summed E-state index contributed by atoms with van der Waals surface area (Å²) in [6.07, 6.45) is -0.450. The van der Waals surface area contributed by atoms with Crippen LogP contribution in [0.2, 0.25) is 0 Å². The number of halogens is 3. The van der Waals surface area contributed by atoms with Gasteiger partial charge in [-0.3, -0.25) is 4.79 Å². The number of rotatable bonds is 11. The van der Waals surface area contributed by atoms with Crippen molar-refractivity contribution in [2.75, 3.05) is 49.0 Å². The lowest BCUT2D eigenvalue weighted by Gasteiger charge is -2.42. The second-order valence-electron chi connectivity index (χ2n) is 16.7. The van der Waals surface area contributed by atoms with Crippen LogP contribution in [0.15, 0.2) is 60.9 Å². The maximum atomic E-state index is 14.6. The van der Waals surface area contributed by atoms with Crippen molar-refractivity contribution in [2.45, 2.75) is 90.6 Å². The zero-order valence-electron chi connectivity index (χ0n) is 35.5. The number of carbonyl (C=O) groups excluding carboxylic acids is 2. The number of alkyl halides is 3. The zero-order valence-corrected chi connectivity index (χ0v) is 35.5. The molecule has 1 atom stereocenters. The van der Waals surface area contributed by atoms with Crippen LogP contribution in [0.4, 0.5) is 35.3 Å². The fourth-order valence-electron chi connectivity index (χ4n) is 7.84. The average Bonchev–Trinajstić information content (AvgIpc) is 3.98. The van der Waals surface area contributed by atoms with Gasteiger partial charge in [0.15, 0.2) is 0 Å². The number of methoxy groups -OCH3 is 2. The number of hydrogen-bond acceptors (Lipinski definition) is 12. The van der Waals surface area contributed by atoms with Gasteiger partial charge in [0.05, 0.1) is 63.0 Å². The van der Waals surface area contributed by atoms with Gasteiger partial charge in [-0.1, -0.05) is 12.1 Å². The summed E-state index contributed by atoms with van der Waals surface area (Å²) in [6, 6.07) is 12.5. The highest BCUT2D eigenvalue weighted by Gasteiger charge is 2.48. The van der Waals surface area contributed by atoms with Crippen molar-refractivity contribution >= 4 is 40.2 Å². The number of aryl methyl sites for hydroxylation is 1. The number of carbonyl (C=O) groups is 2. The van der Waals surface area contributed by atoms with Gasteiger partial charge in [0, 0.05) is 60.5 Å². The van der Waals surface area contributed by atoms with E-state index in [2.05, 4.69) is 20.3 Å². The van der Waals surface area contributed by atoms with E-state index < -0.39 is 36.4 Å². The van der Waals surface area contributed by atoms with E-state index in [9.17, 15) is 22.8 Å². The summed E-state index contributed by atoms with van der Waals surface area (Å²) in [7, 11) is 3.21. The first-order valence-corrected chi connectivity index (χ1v) is 20.5. The summed E-state index contributed by atoms with van der Waals surface area (Å²) in [5.41, 5.74) is 4.44. The number of anilines is 3. The second kappa shape index (κ2) is 16.9. The molecule has 5 aromatic rings. The van der Waals surface area contributed by atoms with Crippen LogP contribution in [0.25, 0.3) is 10.9 Å². The van der Waals surface area contributed by atoms with Crippen LogP contribution in [0.1, 0.15) is 83.7 Å². The molecule has 3 aromatic heterocycles. The Balaban J connectivity index is 1.11. The van der Waals surface area contributed by atoms with Crippen LogP contribution < -0.4 is 24.6 Å². The van der Waals surface area contributed by atoms with Gasteiger partial charge in [-0.25, -0.2) is 24.7 Å². The Morgan fingerprint density at radius 2 is 1.69 bits per heavy atom. The molecule has 1 N–H and O–H groups in total. The van der Waals surface area contributed by atoms with Gasteiger partial charge in [0.1, 0.15) is 40.6 Å². The van der Waals surface area contributed by atoms with E-state index in [0.29, 0.717) is 59.8 Å². The Morgan fingerprint density at radius 3 is 2.37 bits per heavy atom. The molecule has 2 fully saturated rings. The van der Waals surface area contributed by atoms with Crippen LogP contribution in [-0.2, 0) is 35.8 Å². The Labute approximate surface area is 357 Å². The molecule has 1 saturated carbocycles. The number of aromatic nitrogens is 4. The van der Waals surface area contributed by atoms with Crippen molar-refractivity contribution in [3.8, 4) is 11.5 Å². The summed E-state index contributed by atoms with van der Waals surface area (Å²) in [6.45, 7) is 7.20. The van der Waals surface area contributed by atoms with E-state index in [0.717, 1.165) is 50.3 Å². The average molecular weight is 855 g/mol. The SMILES string of the molecule is COc1ccc(CNc2nc3cc(CN(C(=O)c4cnc(C5CC5)nc4)c4ccc(N5CCN(C(=O)OC(C)(C)C)CC5C(F)(F)F)nc4C)ccc3c3c2COC3)c(OC)c1. The second-order valence-corrected chi connectivity index (χ2v) is 16.7. The number of pyridine rings is 2. The number of nitrogens with one attached hydrogen (secondary N) is 1. The molecule has 2 aliphatic heterocycles. The monoisotopic (exact) mass is 854 g/mol. The minimum absolute atomic E-state index is 0.00365. The third kappa shape index (κ3) is 9.03. The molecule has 5 heterocycles. The molecular weight excluding hydrogens is 806 g/mol. The maximum Gasteiger partial charge on any atom is 0.410 e. The minimum Gasteiger partial charge on any atom is -0.497 e.